The van der Waals surface area contributed by atoms with E-state index in [2.05, 4.69) is 4.72 Å². The van der Waals surface area contributed by atoms with Crippen molar-refractivity contribution in [1.29, 1.82) is 0 Å². The molecule has 1 atom stereocenters. The fraction of sp³-hybridized carbons (Fsp3) is 0.500. The van der Waals surface area contributed by atoms with Crippen molar-refractivity contribution >= 4 is 21.7 Å². The molecule has 0 saturated carbocycles. The maximum absolute atomic E-state index is 11.8. The summed E-state index contributed by atoms with van der Waals surface area (Å²) in [4.78, 5) is 13.2. The second-order valence-corrected chi connectivity index (χ2v) is 7.05. The topological polar surface area (TPSA) is 86.7 Å². The van der Waals surface area contributed by atoms with Gasteiger partial charge in [0.1, 0.15) is 0 Å². The van der Waals surface area contributed by atoms with Crippen LogP contribution < -0.4 is 9.62 Å². The van der Waals surface area contributed by atoms with E-state index in [9.17, 15) is 13.2 Å². The molecule has 1 heterocycles. The van der Waals surface area contributed by atoms with E-state index in [0.29, 0.717) is 19.6 Å². The number of carboxylic acid groups (broad SMARTS) is 1. The van der Waals surface area contributed by atoms with Crippen LogP contribution in [-0.2, 0) is 14.8 Å². The lowest BCUT2D eigenvalue weighted by Gasteiger charge is -2.43. The zero-order valence-electron chi connectivity index (χ0n) is 12.1. The summed E-state index contributed by atoms with van der Waals surface area (Å²) in [5, 5.41) is 8.96. The molecule has 1 fully saturated rings. The van der Waals surface area contributed by atoms with Crippen LogP contribution >= 0.6 is 0 Å². The number of nitrogens with zero attached hydrogens (tertiary/aromatic N) is 1. The molecule has 1 aromatic rings. The number of carbonyl (C=O) groups is 1. The van der Waals surface area contributed by atoms with Crippen molar-refractivity contribution < 1.29 is 18.3 Å². The van der Waals surface area contributed by atoms with Gasteiger partial charge in [0.15, 0.2) is 0 Å². The lowest BCUT2D eigenvalue weighted by atomic mass is 9.87. The van der Waals surface area contributed by atoms with Crippen molar-refractivity contribution in [2.45, 2.75) is 18.7 Å². The van der Waals surface area contributed by atoms with Gasteiger partial charge >= 0.3 is 5.97 Å². The van der Waals surface area contributed by atoms with Crippen LogP contribution in [0.15, 0.2) is 29.2 Å². The highest BCUT2D eigenvalue weighted by Crippen LogP contribution is 2.30. The Hall–Kier alpha value is -1.60. The van der Waals surface area contributed by atoms with Crippen molar-refractivity contribution in [2.24, 2.45) is 11.8 Å². The van der Waals surface area contributed by atoms with Crippen LogP contribution in [0.25, 0.3) is 0 Å². The Labute approximate surface area is 124 Å². The van der Waals surface area contributed by atoms with Gasteiger partial charge in [0.25, 0.3) is 0 Å². The summed E-state index contributed by atoms with van der Waals surface area (Å²) < 4.78 is 26.1. The van der Waals surface area contributed by atoms with Gasteiger partial charge < -0.3 is 10.0 Å². The monoisotopic (exact) mass is 312 g/mol. The second-order valence-electron chi connectivity index (χ2n) is 5.29. The maximum atomic E-state index is 11.8. The van der Waals surface area contributed by atoms with Gasteiger partial charge in [0.2, 0.25) is 10.0 Å². The summed E-state index contributed by atoms with van der Waals surface area (Å²) in [6.07, 6.45) is 0. The van der Waals surface area contributed by atoms with Gasteiger partial charge in [0.05, 0.1) is 10.8 Å². The van der Waals surface area contributed by atoms with Crippen molar-refractivity contribution in [3.05, 3.63) is 24.3 Å². The number of benzene rings is 1. The molecule has 1 aromatic carbocycles. The summed E-state index contributed by atoms with van der Waals surface area (Å²) >= 11 is 0. The molecule has 0 bridgehead atoms. The fourth-order valence-corrected chi connectivity index (χ4v) is 3.39. The number of anilines is 1. The third-order valence-corrected chi connectivity index (χ3v) is 5.41. The number of hydrogen-bond donors (Lipinski definition) is 2. The summed E-state index contributed by atoms with van der Waals surface area (Å²) in [5.74, 6) is -0.978. The first kappa shape index (κ1) is 15.8. The Morgan fingerprint density at radius 2 is 1.95 bits per heavy atom. The Kier molecular flexibility index (Phi) is 4.53. The molecule has 2 rings (SSSR count). The number of carboxylic acids is 1. The van der Waals surface area contributed by atoms with Gasteiger partial charge in [-0.05, 0) is 24.3 Å². The molecular formula is C14H20N2O4S. The predicted molar refractivity (Wildman–Crippen MR) is 79.8 cm³/mol. The second kappa shape index (κ2) is 6.03. The molecule has 1 unspecified atom stereocenters. The fourth-order valence-electron chi connectivity index (χ4n) is 2.35. The van der Waals surface area contributed by atoms with E-state index in [1.165, 1.54) is 0 Å². The Morgan fingerprint density at radius 1 is 1.38 bits per heavy atom. The first-order valence-corrected chi connectivity index (χ1v) is 8.41. The van der Waals surface area contributed by atoms with E-state index >= 15 is 0 Å². The average molecular weight is 312 g/mol. The Morgan fingerprint density at radius 3 is 2.43 bits per heavy atom. The summed E-state index contributed by atoms with van der Waals surface area (Å²) in [5.41, 5.74) is 0.916. The van der Waals surface area contributed by atoms with Crippen molar-refractivity contribution in [1.82, 2.24) is 4.72 Å². The third-order valence-electron chi connectivity index (χ3n) is 3.85. The Bertz CT molecular complexity index is 606. The van der Waals surface area contributed by atoms with E-state index in [1.54, 1.807) is 38.1 Å². The Balaban J connectivity index is 2.01. The maximum Gasteiger partial charge on any atom is 0.306 e. The standard InChI is InChI=1S/C14H20N2O4S/c1-3-15-21(19,20)13-6-4-12(5-7-13)16-8-11(9-16)10(2)14(17)18/h4-7,10-11,15H,3,8-9H2,1-2H3,(H,17,18). The number of nitrogens with one attached hydrogen (secondary N) is 1. The molecule has 1 saturated heterocycles. The number of hydrogen-bond acceptors (Lipinski definition) is 4. The minimum Gasteiger partial charge on any atom is -0.481 e. The van der Waals surface area contributed by atoms with Crippen LogP contribution in [-0.4, -0.2) is 39.1 Å². The smallest absolute Gasteiger partial charge is 0.306 e. The molecule has 2 N–H and O–H groups in total. The molecule has 0 aromatic heterocycles. The van der Waals surface area contributed by atoms with Gasteiger partial charge in [0, 0.05) is 31.2 Å². The molecule has 0 amide bonds. The normalized spacial score (nSPS) is 17.3. The molecular weight excluding hydrogens is 292 g/mol. The van der Waals surface area contributed by atoms with Crippen molar-refractivity contribution in [3.8, 4) is 0 Å². The van der Waals surface area contributed by atoms with Gasteiger partial charge in [-0.3, -0.25) is 4.79 Å². The zero-order chi connectivity index (χ0) is 15.6. The van der Waals surface area contributed by atoms with Crippen LogP contribution in [0.3, 0.4) is 0 Å². The minimum absolute atomic E-state index is 0.146. The predicted octanol–water partition coefficient (Wildman–Crippen LogP) is 1.14. The number of aliphatic carboxylic acids is 1. The summed E-state index contributed by atoms with van der Waals surface area (Å²) in [6.45, 7) is 5.18. The molecule has 0 aliphatic carbocycles. The molecule has 21 heavy (non-hydrogen) atoms. The highest BCUT2D eigenvalue weighted by Gasteiger charge is 2.34. The van der Waals surface area contributed by atoms with Crippen LogP contribution in [0.2, 0.25) is 0 Å². The minimum atomic E-state index is -3.42. The molecule has 1 aliphatic rings. The number of rotatable bonds is 6. The molecule has 0 spiro atoms. The largest absolute Gasteiger partial charge is 0.481 e. The third kappa shape index (κ3) is 3.36. The lowest BCUT2D eigenvalue weighted by Crippen LogP contribution is -2.51. The molecule has 0 radical (unpaired) electrons. The summed E-state index contributed by atoms with van der Waals surface area (Å²) in [7, 11) is -3.42. The molecule has 116 valence electrons. The quantitative estimate of drug-likeness (QED) is 0.822. The van der Waals surface area contributed by atoms with Gasteiger partial charge in [-0.2, -0.15) is 0 Å². The van der Waals surface area contributed by atoms with E-state index in [-0.39, 0.29) is 16.7 Å². The number of sulfonamides is 1. The first-order valence-electron chi connectivity index (χ1n) is 6.92. The molecule has 1 aliphatic heterocycles. The first-order chi connectivity index (χ1) is 9.85. The highest BCUT2D eigenvalue weighted by atomic mass is 32.2. The SMILES string of the molecule is CCNS(=O)(=O)c1ccc(N2CC(C(C)C(=O)O)C2)cc1. The van der Waals surface area contributed by atoms with E-state index in [4.69, 9.17) is 5.11 Å². The highest BCUT2D eigenvalue weighted by molar-refractivity contribution is 7.89. The van der Waals surface area contributed by atoms with E-state index in [1.807, 2.05) is 4.90 Å². The van der Waals surface area contributed by atoms with Crippen LogP contribution in [0.5, 0.6) is 0 Å². The van der Waals surface area contributed by atoms with Crippen molar-refractivity contribution in [2.75, 3.05) is 24.5 Å². The molecule has 7 heteroatoms. The van der Waals surface area contributed by atoms with Gasteiger partial charge in [-0.25, -0.2) is 13.1 Å². The lowest BCUT2D eigenvalue weighted by molar-refractivity contribution is -0.143. The van der Waals surface area contributed by atoms with Crippen LogP contribution in [0, 0.1) is 11.8 Å². The average Bonchev–Trinajstić information content (AvgIpc) is 2.37. The van der Waals surface area contributed by atoms with Crippen LogP contribution in [0.1, 0.15) is 13.8 Å². The van der Waals surface area contributed by atoms with Gasteiger partial charge in [-0.1, -0.05) is 13.8 Å². The van der Waals surface area contributed by atoms with Crippen LogP contribution in [0.4, 0.5) is 5.69 Å². The van der Waals surface area contributed by atoms with E-state index in [0.717, 1.165) is 5.69 Å². The molecule has 6 nitrogen and oxygen atoms in total. The zero-order valence-corrected chi connectivity index (χ0v) is 12.9. The van der Waals surface area contributed by atoms with Crippen molar-refractivity contribution in [3.63, 3.8) is 0 Å². The van der Waals surface area contributed by atoms with E-state index < -0.39 is 16.0 Å². The summed E-state index contributed by atoms with van der Waals surface area (Å²) in [6, 6.07) is 6.65. The van der Waals surface area contributed by atoms with Gasteiger partial charge in [-0.15, -0.1) is 0 Å².